The number of nitrogens with one attached hydrogen (secondary N) is 1. The first-order valence-electron chi connectivity index (χ1n) is 10.1. The van der Waals surface area contributed by atoms with E-state index in [4.69, 9.17) is 4.74 Å². The number of unbranched alkanes of at least 4 members (excludes halogenated alkanes) is 1. The highest BCUT2D eigenvalue weighted by Gasteiger charge is 2.29. The highest BCUT2D eigenvalue weighted by molar-refractivity contribution is 5.83. The molecular weight excluding hydrogens is 350 g/mol. The van der Waals surface area contributed by atoms with Crippen molar-refractivity contribution in [1.29, 1.82) is 0 Å². The van der Waals surface area contributed by atoms with Gasteiger partial charge >= 0.3 is 5.97 Å². The predicted octanol–water partition coefficient (Wildman–Crippen LogP) is 4.33. The maximum Gasteiger partial charge on any atom is 0.306 e. The summed E-state index contributed by atoms with van der Waals surface area (Å²) in [6.45, 7) is 2.81. The molecular formula is C24H29NO3. The quantitative estimate of drug-likeness (QED) is 0.493. The number of benzene rings is 2. The van der Waals surface area contributed by atoms with E-state index in [9.17, 15) is 9.59 Å². The van der Waals surface area contributed by atoms with Crippen molar-refractivity contribution in [2.24, 2.45) is 5.92 Å². The minimum absolute atomic E-state index is 0.0581. The molecule has 0 heterocycles. The zero-order valence-electron chi connectivity index (χ0n) is 16.7. The number of fused-ring (bicyclic) bond motifs is 3. The Morgan fingerprint density at radius 3 is 2.18 bits per heavy atom. The number of esters is 1. The molecule has 1 atom stereocenters. The van der Waals surface area contributed by atoms with Gasteiger partial charge in [-0.3, -0.25) is 9.59 Å². The van der Waals surface area contributed by atoms with Gasteiger partial charge in [0.2, 0.25) is 0 Å². The van der Waals surface area contributed by atoms with Gasteiger partial charge in [-0.05, 0) is 55.6 Å². The van der Waals surface area contributed by atoms with Crippen LogP contribution in [-0.4, -0.2) is 32.0 Å². The number of hydrogen-bond acceptors (Lipinski definition) is 4. The molecule has 1 aliphatic rings. The Hall–Kier alpha value is -2.46. The van der Waals surface area contributed by atoms with E-state index in [1.165, 1.54) is 22.3 Å². The maximum atomic E-state index is 12.4. The Kier molecular flexibility index (Phi) is 6.99. The SMILES string of the molecule is CNCCCC[C@H](CC(=O)OCC1c2ccccc2-c2ccccc21)C(C)=O. The van der Waals surface area contributed by atoms with Gasteiger partial charge in [0.05, 0.1) is 6.42 Å². The molecule has 1 aliphatic carbocycles. The van der Waals surface area contributed by atoms with Crippen LogP contribution in [0.2, 0.25) is 0 Å². The number of hydrogen-bond donors (Lipinski definition) is 1. The molecule has 0 aromatic heterocycles. The van der Waals surface area contributed by atoms with E-state index in [1.54, 1.807) is 6.92 Å². The molecule has 1 N–H and O–H groups in total. The number of carbonyl (C=O) groups excluding carboxylic acids is 2. The van der Waals surface area contributed by atoms with Crippen molar-refractivity contribution in [3.63, 3.8) is 0 Å². The van der Waals surface area contributed by atoms with Gasteiger partial charge in [-0.15, -0.1) is 0 Å². The fraction of sp³-hybridized carbons (Fsp3) is 0.417. The first kappa shape index (κ1) is 20.3. The Bertz CT molecular complexity index is 785. The van der Waals surface area contributed by atoms with Crippen LogP contribution in [0.1, 0.15) is 49.7 Å². The van der Waals surface area contributed by atoms with E-state index < -0.39 is 0 Å². The molecule has 0 radical (unpaired) electrons. The summed E-state index contributed by atoms with van der Waals surface area (Å²) >= 11 is 0. The number of rotatable bonds is 10. The molecule has 3 rings (SSSR count). The van der Waals surface area contributed by atoms with Crippen molar-refractivity contribution >= 4 is 11.8 Å². The van der Waals surface area contributed by atoms with E-state index in [0.717, 1.165) is 25.8 Å². The molecule has 0 saturated carbocycles. The molecule has 0 aliphatic heterocycles. The van der Waals surface area contributed by atoms with Crippen molar-refractivity contribution in [3.05, 3.63) is 59.7 Å². The fourth-order valence-electron chi connectivity index (χ4n) is 4.02. The van der Waals surface area contributed by atoms with Crippen molar-refractivity contribution in [1.82, 2.24) is 5.32 Å². The lowest BCUT2D eigenvalue weighted by atomic mass is 9.94. The van der Waals surface area contributed by atoms with Crippen LogP contribution in [0.15, 0.2) is 48.5 Å². The highest BCUT2D eigenvalue weighted by Crippen LogP contribution is 2.44. The molecule has 0 unspecified atom stereocenters. The summed E-state index contributed by atoms with van der Waals surface area (Å²) in [6, 6.07) is 16.6. The first-order valence-corrected chi connectivity index (χ1v) is 10.1. The Labute approximate surface area is 167 Å². The lowest BCUT2D eigenvalue weighted by molar-refractivity contribution is -0.146. The van der Waals surface area contributed by atoms with Crippen LogP contribution in [0.4, 0.5) is 0 Å². The molecule has 0 saturated heterocycles. The number of ketones is 1. The summed E-state index contributed by atoms with van der Waals surface area (Å²) in [5, 5.41) is 3.10. The summed E-state index contributed by atoms with van der Waals surface area (Å²) in [7, 11) is 1.92. The Morgan fingerprint density at radius 1 is 1.00 bits per heavy atom. The van der Waals surface area contributed by atoms with Crippen LogP contribution in [0.25, 0.3) is 11.1 Å². The third-order valence-corrected chi connectivity index (χ3v) is 5.59. The third-order valence-electron chi connectivity index (χ3n) is 5.59. The largest absolute Gasteiger partial charge is 0.465 e. The van der Waals surface area contributed by atoms with Gasteiger partial charge in [0, 0.05) is 11.8 Å². The van der Waals surface area contributed by atoms with Gasteiger partial charge in [0.15, 0.2) is 0 Å². The smallest absolute Gasteiger partial charge is 0.306 e. The predicted molar refractivity (Wildman–Crippen MR) is 111 cm³/mol. The van der Waals surface area contributed by atoms with Gasteiger partial charge in [-0.2, -0.15) is 0 Å². The van der Waals surface area contributed by atoms with E-state index in [1.807, 2.05) is 31.3 Å². The van der Waals surface area contributed by atoms with Crippen LogP contribution in [-0.2, 0) is 14.3 Å². The van der Waals surface area contributed by atoms with Crippen LogP contribution in [0.5, 0.6) is 0 Å². The molecule has 0 spiro atoms. The highest BCUT2D eigenvalue weighted by atomic mass is 16.5. The lowest BCUT2D eigenvalue weighted by Crippen LogP contribution is -2.20. The molecule has 2 aromatic carbocycles. The van der Waals surface area contributed by atoms with Crippen molar-refractivity contribution < 1.29 is 14.3 Å². The molecule has 4 nitrogen and oxygen atoms in total. The zero-order chi connectivity index (χ0) is 19.9. The van der Waals surface area contributed by atoms with E-state index in [0.29, 0.717) is 6.61 Å². The Morgan fingerprint density at radius 2 is 1.61 bits per heavy atom. The van der Waals surface area contributed by atoms with E-state index in [2.05, 4.69) is 29.6 Å². The van der Waals surface area contributed by atoms with Gasteiger partial charge in [0.1, 0.15) is 12.4 Å². The minimum atomic E-state index is -0.282. The molecule has 148 valence electrons. The molecule has 2 aromatic rings. The third kappa shape index (κ3) is 4.68. The number of carbonyl (C=O) groups is 2. The van der Waals surface area contributed by atoms with Crippen LogP contribution in [0, 0.1) is 5.92 Å². The Balaban J connectivity index is 1.60. The molecule has 0 amide bonds. The summed E-state index contributed by atoms with van der Waals surface area (Å²) in [6.07, 6.45) is 2.85. The van der Waals surface area contributed by atoms with Crippen molar-refractivity contribution in [3.8, 4) is 11.1 Å². The number of ether oxygens (including phenoxy) is 1. The summed E-state index contributed by atoms with van der Waals surface area (Å²) in [4.78, 5) is 24.3. The summed E-state index contributed by atoms with van der Waals surface area (Å²) in [5.74, 6) is -0.399. The molecule has 0 bridgehead atoms. The second kappa shape index (κ2) is 9.65. The average molecular weight is 380 g/mol. The zero-order valence-corrected chi connectivity index (χ0v) is 16.7. The first-order chi connectivity index (χ1) is 13.6. The standard InChI is InChI=1S/C24H29NO3/c1-17(26)18(9-7-8-14-25-2)15-24(27)28-16-23-21-12-5-3-10-19(21)20-11-4-6-13-22(20)23/h3-6,10-13,18,23,25H,7-9,14-16H2,1-2H3/t18-/m1/s1. The normalized spacial score (nSPS) is 13.6. The van der Waals surface area contributed by atoms with Crippen molar-refractivity contribution in [2.45, 2.75) is 38.5 Å². The van der Waals surface area contributed by atoms with Gasteiger partial charge < -0.3 is 10.1 Å². The monoisotopic (exact) mass is 379 g/mol. The summed E-state index contributed by atoms with van der Waals surface area (Å²) in [5.41, 5.74) is 4.83. The fourth-order valence-corrected chi connectivity index (χ4v) is 4.02. The van der Waals surface area contributed by atoms with Crippen LogP contribution in [0.3, 0.4) is 0 Å². The molecule has 0 fully saturated rings. The van der Waals surface area contributed by atoms with Gasteiger partial charge in [0.25, 0.3) is 0 Å². The molecule has 28 heavy (non-hydrogen) atoms. The van der Waals surface area contributed by atoms with Gasteiger partial charge in [-0.25, -0.2) is 0 Å². The lowest BCUT2D eigenvalue weighted by Gasteiger charge is -2.16. The summed E-state index contributed by atoms with van der Waals surface area (Å²) < 4.78 is 5.64. The minimum Gasteiger partial charge on any atom is -0.465 e. The van der Waals surface area contributed by atoms with Crippen molar-refractivity contribution in [2.75, 3.05) is 20.2 Å². The van der Waals surface area contributed by atoms with Gasteiger partial charge in [-0.1, -0.05) is 55.0 Å². The van der Waals surface area contributed by atoms with E-state index in [-0.39, 0.29) is 30.0 Å². The number of Topliss-reactive ketones (excluding diaryl/α,β-unsaturated/α-hetero) is 1. The van der Waals surface area contributed by atoms with Crippen LogP contribution >= 0.6 is 0 Å². The second-order valence-electron chi connectivity index (χ2n) is 7.52. The maximum absolute atomic E-state index is 12.4. The van der Waals surface area contributed by atoms with E-state index >= 15 is 0 Å². The molecule has 4 heteroatoms. The average Bonchev–Trinajstić information content (AvgIpc) is 3.02. The topological polar surface area (TPSA) is 55.4 Å². The second-order valence-corrected chi connectivity index (χ2v) is 7.52. The van der Waals surface area contributed by atoms with Crippen LogP contribution < -0.4 is 5.32 Å².